The summed E-state index contributed by atoms with van der Waals surface area (Å²) in [5.41, 5.74) is -0.767. The highest BCUT2D eigenvalue weighted by atomic mass is 35.5. The molecule has 0 bridgehead atoms. The Kier molecular flexibility index (Phi) is 5.58. The van der Waals surface area contributed by atoms with Gasteiger partial charge in [0.15, 0.2) is 11.6 Å². The summed E-state index contributed by atoms with van der Waals surface area (Å²) < 4.78 is 64.9. The van der Waals surface area contributed by atoms with Crippen molar-refractivity contribution in [2.24, 2.45) is 0 Å². The molecule has 0 saturated carbocycles. The molecular weight excluding hydrogens is 381 g/mol. The number of nitrogens with zero attached hydrogens (tertiary/aromatic N) is 1. The van der Waals surface area contributed by atoms with Gasteiger partial charge in [-0.05, 0) is 30.3 Å². The van der Waals surface area contributed by atoms with Crippen LogP contribution in [-0.2, 0) is 14.8 Å². The zero-order valence-electron chi connectivity index (χ0n) is 12.8. The number of hydrogen-bond donors (Lipinski definition) is 1. The van der Waals surface area contributed by atoms with Gasteiger partial charge in [-0.25, -0.2) is 21.6 Å². The molecule has 0 fully saturated rings. The van der Waals surface area contributed by atoms with Crippen LogP contribution in [0.5, 0.6) is 0 Å². The molecule has 10 heteroatoms. The molecule has 0 heterocycles. The summed E-state index contributed by atoms with van der Waals surface area (Å²) in [6, 6.07) is 6.12. The van der Waals surface area contributed by atoms with Crippen LogP contribution < -0.4 is 9.62 Å². The van der Waals surface area contributed by atoms with Gasteiger partial charge in [-0.3, -0.25) is 9.10 Å². The lowest BCUT2D eigenvalue weighted by atomic mass is 10.3. The molecule has 1 N–H and O–H groups in total. The van der Waals surface area contributed by atoms with Gasteiger partial charge in [0.2, 0.25) is 15.9 Å². The van der Waals surface area contributed by atoms with E-state index in [0.29, 0.717) is 10.6 Å². The van der Waals surface area contributed by atoms with Crippen molar-refractivity contribution in [3.05, 3.63) is 58.9 Å². The van der Waals surface area contributed by atoms with Crippen LogP contribution in [0.4, 0.5) is 24.5 Å². The van der Waals surface area contributed by atoms with Crippen LogP contribution in [0.15, 0.2) is 36.4 Å². The molecule has 0 saturated heterocycles. The second-order valence-corrected chi connectivity index (χ2v) is 7.33. The maximum atomic E-state index is 13.9. The average Bonchev–Trinajstić information content (AvgIpc) is 2.49. The van der Waals surface area contributed by atoms with Crippen molar-refractivity contribution in [3.8, 4) is 0 Å². The summed E-state index contributed by atoms with van der Waals surface area (Å²) >= 11 is 5.58. The minimum atomic E-state index is -4.16. The normalized spacial score (nSPS) is 11.2. The van der Waals surface area contributed by atoms with E-state index < -0.39 is 45.6 Å². The van der Waals surface area contributed by atoms with Gasteiger partial charge in [0.25, 0.3) is 0 Å². The summed E-state index contributed by atoms with van der Waals surface area (Å²) in [5, 5.41) is 2.03. The van der Waals surface area contributed by atoms with E-state index in [2.05, 4.69) is 5.32 Å². The van der Waals surface area contributed by atoms with E-state index >= 15 is 0 Å². The zero-order chi connectivity index (χ0) is 18.8. The lowest BCUT2D eigenvalue weighted by molar-refractivity contribution is -0.114. The Balaban J connectivity index is 2.29. The Morgan fingerprint density at radius 3 is 2.24 bits per heavy atom. The molecule has 0 aromatic heterocycles. The Hall–Kier alpha value is -2.26. The van der Waals surface area contributed by atoms with E-state index in [0.717, 1.165) is 30.3 Å². The van der Waals surface area contributed by atoms with Crippen LogP contribution in [0.25, 0.3) is 0 Å². The van der Waals surface area contributed by atoms with Gasteiger partial charge in [0, 0.05) is 5.69 Å². The second kappa shape index (κ2) is 7.32. The van der Waals surface area contributed by atoms with E-state index in [1.165, 1.54) is 6.07 Å². The summed E-state index contributed by atoms with van der Waals surface area (Å²) in [6.45, 7) is -0.883. The maximum Gasteiger partial charge on any atom is 0.245 e. The van der Waals surface area contributed by atoms with Crippen LogP contribution >= 0.6 is 11.6 Å². The number of anilines is 2. The Morgan fingerprint density at radius 2 is 1.72 bits per heavy atom. The molecule has 0 aliphatic rings. The number of carbonyl (C=O) groups is 1. The summed E-state index contributed by atoms with van der Waals surface area (Å²) in [4.78, 5) is 12.1. The van der Waals surface area contributed by atoms with Crippen molar-refractivity contribution >= 4 is 38.9 Å². The fourth-order valence-electron chi connectivity index (χ4n) is 1.99. The van der Waals surface area contributed by atoms with E-state index in [-0.39, 0.29) is 10.7 Å². The number of halogens is 4. The highest BCUT2D eigenvalue weighted by Crippen LogP contribution is 2.25. The number of sulfonamides is 1. The van der Waals surface area contributed by atoms with Crippen LogP contribution in [-0.4, -0.2) is 27.1 Å². The third-order valence-electron chi connectivity index (χ3n) is 3.08. The molecule has 1 amide bonds. The fraction of sp³-hybridized carbons (Fsp3) is 0.133. The van der Waals surface area contributed by atoms with Gasteiger partial charge in [-0.2, -0.15) is 0 Å². The van der Waals surface area contributed by atoms with Gasteiger partial charge < -0.3 is 5.32 Å². The molecule has 0 spiro atoms. The molecule has 2 rings (SSSR count). The number of nitrogens with one attached hydrogen (secondary N) is 1. The van der Waals surface area contributed by atoms with Crippen molar-refractivity contribution in [1.82, 2.24) is 0 Å². The molecule has 0 unspecified atom stereocenters. The van der Waals surface area contributed by atoms with Gasteiger partial charge in [-0.15, -0.1) is 0 Å². The van der Waals surface area contributed by atoms with E-state index in [1.54, 1.807) is 0 Å². The highest BCUT2D eigenvalue weighted by molar-refractivity contribution is 7.92. The van der Waals surface area contributed by atoms with Crippen LogP contribution in [0.2, 0.25) is 5.02 Å². The second-order valence-electron chi connectivity index (χ2n) is 5.02. The van der Waals surface area contributed by atoms with E-state index in [9.17, 15) is 26.4 Å². The molecule has 0 aliphatic heterocycles. The Labute approximate surface area is 147 Å². The van der Waals surface area contributed by atoms with Crippen molar-refractivity contribution < 1.29 is 26.4 Å². The number of hydrogen-bond acceptors (Lipinski definition) is 3. The first-order chi connectivity index (χ1) is 11.6. The first kappa shape index (κ1) is 19.1. The number of carbonyl (C=O) groups excluding carboxylic acids is 1. The van der Waals surface area contributed by atoms with Crippen LogP contribution in [0, 0.1) is 17.5 Å². The molecule has 0 radical (unpaired) electrons. The van der Waals surface area contributed by atoms with Gasteiger partial charge >= 0.3 is 0 Å². The molecule has 0 atom stereocenters. The minimum absolute atomic E-state index is 0.0962. The van der Waals surface area contributed by atoms with E-state index in [1.807, 2.05) is 0 Å². The summed E-state index contributed by atoms with van der Waals surface area (Å²) in [5.74, 6) is -3.87. The van der Waals surface area contributed by atoms with Crippen LogP contribution in [0.1, 0.15) is 0 Å². The topological polar surface area (TPSA) is 66.5 Å². The lowest BCUT2D eigenvalue weighted by Gasteiger charge is -2.22. The van der Waals surface area contributed by atoms with Gasteiger partial charge in [0.05, 0.1) is 11.3 Å². The number of benzene rings is 2. The minimum Gasteiger partial charge on any atom is -0.324 e. The molecule has 2 aromatic carbocycles. The van der Waals surface area contributed by atoms with E-state index in [4.69, 9.17) is 11.6 Å². The number of rotatable bonds is 5. The fourth-order valence-corrected chi connectivity index (χ4v) is 3.03. The molecule has 0 aliphatic carbocycles. The SMILES string of the molecule is CS(=O)(=O)N(CC(=O)Nc1ccc(F)c(Cl)c1)c1c(F)cccc1F. The highest BCUT2D eigenvalue weighted by Gasteiger charge is 2.26. The lowest BCUT2D eigenvalue weighted by Crippen LogP contribution is -2.38. The van der Waals surface area contributed by atoms with Crippen LogP contribution in [0.3, 0.4) is 0 Å². The average molecular weight is 393 g/mol. The van der Waals surface area contributed by atoms with Gasteiger partial charge in [-0.1, -0.05) is 17.7 Å². The third-order valence-corrected chi connectivity index (χ3v) is 4.48. The van der Waals surface area contributed by atoms with Crippen molar-refractivity contribution in [2.75, 3.05) is 22.4 Å². The molecule has 25 heavy (non-hydrogen) atoms. The first-order valence-corrected chi connectivity index (χ1v) is 8.99. The maximum absolute atomic E-state index is 13.9. The van der Waals surface area contributed by atoms with Crippen molar-refractivity contribution in [1.29, 1.82) is 0 Å². The number of para-hydroxylation sites is 1. The van der Waals surface area contributed by atoms with Crippen molar-refractivity contribution in [3.63, 3.8) is 0 Å². The van der Waals surface area contributed by atoms with Gasteiger partial charge in [0.1, 0.15) is 18.0 Å². The number of amides is 1. The smallest absolute Gasteiger partial charge is 0.245 e. The largest absolute Gasteiger partial charge is 0.324 e. The summed E-state index contributed by atoms with van der Waals surface area (Å²) in [6.07, 6.45) is 0.709. The third kappa shape index (κ3) is 4.64. The monoisotopic (exact) mass is 392 g/mol. The standard InChI is InChI=1S/C15H12ClF3N2O3S/c1-25(23,24)21(15-12(18)3-2-4-13(15)19)8-14(22)20-9-5-6-11(17)10(16)7-9/h2-7H,8H2,1H3,(H,20,22). The zero-order valence-corrected chi connectivity index (χ0v) is 14.3. The predicted octanol–water partition coefficient (Wildman–Crippen LogP) is 3.16. The molecule has 2 aromatic rings. The molecule has 134 valence electrons. The van der Waals surface area contributed by atoms with Crippen molar-refractivity contribution in [2.45, 2.75) is 0 Å². The predicted molar refractivity (Wildman–Crippen MR) is 88.6 cm³/mol. The first-order valence-electron chi connectivity index (χ1n) is 6.76. The summed E-state index contributed by atoms with van der Waals surface area (Å²) in [7, 11) is -4.16. The quantitative estimate of drug-likeness (QED) is 0.850. The Morgan fingerprint density at radius 1 is 1.12 bits per heavy atom. The molecular formula is C15H12ClF3N2O3S. The molecule has 5 nitrogen and oxygen atoms in total. The Bertz CT molecular complexity index is 902.